The van der Waals surface area contributed by atoms with Gasteiger partial charge in [-0.2, -0.15) is 0 Å². The summed E-state index contributed by atoms with van der Waals surface area (Å²) in [5, 5.41) is 6.40. The molecule has 2 unspecified atom stereocenters. The van der Waals surface area contributed by atoms with E-state index in [1.54, 1.807) is 0 Å². The Morgan fingerprint density at radius 2 is 1.78 bits per heavy atom. The smallest absolute Gasteiger partial charge is 0.251 e. The van der Waals surface area contributed by atoms with Crippen molar-refractivity contribution in [3.8, 4) is 0 Å². The lowest BCUT2D eigenvalue weighted by Crippen LogP contribution is -2.44. The second-order valence-corrected chi connectivity index (χ2v) is 7.85. The number of benzene rings is 1. The van der Waals surface area contributed by atoms with Gasteiger partial charge in [-0.15, -0.1) is 0 Å². The molecule has 2 heterocycles. The number of amides is 1. The molecule has 2 atom stereocenters. The molecule has 150 valence electrons. The van der Waals surface area contributed by atoms with E-state index in [0.29, 0.717) is 0 Å². The third-order valence-electron chi connectivity index (χ3n) is 5.26. The molecular weight excluding hydrogens is 340 g/mol. The van der Waals surface area contributed by atoms with Gasteiger partial charge in [-0.3, -0.25) is 9.69 Å². The Bertz CT molecular complexity index is 576. The van der Waals surface area contributed by atoms with E-state index in [4.69, 9.17) is 4.74 Å². The first kappa shape index (κ1) is 20.3. The number of ether oxygens (including phenoxy) is 1. The van der Waals surface area contributed by atoms with Gasteiger partial charge in [0, 0.05) is 57.9 Å². The molecule has 0 spiro atoms. The Kier molecular flexibility index (Phi) is 7.64. The summed E-state index contributed by atoms with van der Waals surface area (Å²) in [5.74, 6) is 0.0236. The highest BCUT2D eigenvalue weighted by Crippen LogP contribution is 2.14. The van der Waals surface area contributed by atoms with Gasteiger partial charge in [0.2, 0.25) is 0 Å². The molecular formula is C21H34N4O2. The van der Waals surface area contributed by atoms with Gasteiger partial charge in [-0.25, -0.2) is 0 Å². The summed E-state index contributed by atoms with van der Waals surface area (Å²) >= 11 is 0. The number of rotatable bonds is 7. The lowest BCUT2D eigenvalue weighted by atomic mass is 10.1. The lowest BCUT2D eigenvalue weighted by Gasteiger charge is -2.35. The van der Waals surface area contributed by atoms with Gasteiger partial charge in [-0.1, -0.05) is 12.1 Å². The third kappa shape index (κ3) is 6.57. The number of piperazine rings is 1. The van der Waals surface area contributed by atoms with Crippen LogP contribution in [0.2, 0.25) is 0 Å². The van der Waals surface area contributed by atoms with Gasteiger partial charge in [0.05, 0.1) is 12.2 Å². The van der Waals surface area contributed by atoms with Crippen molar-refractivity contribution in [1.29, 1.82) is 0 Å². The Labute approximate surface area is 163 Å². The number of hydrogen-bond acceptors (Lipinski definition) is 5. The van der Waals surface area contributed by atoms with E-state index < -0.39 is 0 Å². The van der Waals surface area contributed by atoms with Crippen LogP contribution in [-0.4, -0.2) is 80.3 Å². The number of nitrogens with zero attached hydrogens (tertiary/aromatic N) is 2. The van der Waals surface area contributed by atoms with Crippen molar-refractivity contribution in [3.05, 3.63) is 35.4 Å². The maximum Gasteiger partial charge on any atom is 0.251 e. The quantitative estimate of drug-likeness (QED) is 0.705. The van der Waals surface area contributed by atoms with Crippen molar-refractivity contribution in [1.82, 2.24) is 20.4 Å². The van der Waals surface area contributed by atoms with Crippen molar-refractivity contribution < 1.29 is 9.53 Å². The van der Waals surface area contributed by atoms with Crippen LogP contribution >= 0.6 is 0 Å². The van der Waals surface area contributed by atoms with E-state index in [2.05, 4.69) is 46.4 Å². The molecule has 6 heteroatoms. The number of hydrogen-bond donors (Lipinski definition) is 2. The molecule has 2 N–H and O–H groups in total. The normalized spacial score (nSPS) is 24.7. The zero-order valence-electron chi connectivity index (χ0n) is 16.7. The van der Waals surface area contributed by atoms with Gasteiger partial charge in [0.1, 0.15) is 0 Å². The third-order valence-corrected chi connectivity index (χ3v) is 5.26. The highest BCUT2D eigenvalue weighted by Gasteiger charge is 2.22. The molecule has 0 radical (unpaired) electrons. The molecule has 27 heavy (non-hydrogen) atoms. The Morgan fingerprint density at radius 3 is 2.44 bits per heavy atom. The standard InChI is InChI=1S/C21H34N4O2/c1-17-14-25(15-18(2)27-17)16-19-4-6-20(7-5-19)21(26)23-8-3-11-24-12-9-22-10-13-24/h4-7,17-18,22H,3,8-16H2,1-2H3,(H,23,26). The van der Waals surface area contributed by atoms with E-state index in [1.165, 1.54) is 5.56 Å². The molecule has 1 aromatic rings. The van der Waals surface area contributed by atoms with Gasteiger partial charge in [0.25, 0.3) is 5.91 Å². The van der Waals surface area contributed by atoms with Crippen LogP contribution in [0.25, 0.3) is 0 Å². The summed E-state index contributed by atoms with van der Waals surface area (Å²) in [4.78, 5) is 17.2. The van der Waals surface area contributed by atoms with Crippen LogP contribution in [0.4, 0.5) is 0 Å². The van der Waals surface area contributed by atoms with Crippen LogP contribution in [0, 0.1) is 0 Å². The minimum Gasteiger partial charge on any atom is -0.373 e. The molecule has 6 nitrogen and oxygen atoms in total. The number of carbonyl (C=O) groups excluding carboxylic acids is 1. The fraction of sp³-hybridized carbons (Fsp3) is 0.667. The number of nitrogens with one attached hydrogen (secondary N) is 2. The fourth-order valence-corrected chi connectivity index (χ4v) is 3.97. The van der Waals surface area contributed by atoms with E-state index in [-0.39, 0.29) is 18.1 Å². The fourth-order valence-electron chi connectivity index (χ4n) is 3.97. The van der Waals surface area contributed by atoms with E-state index in [9.17, 15) is 4.79 Å². The van der Waals surface area contributed by atoms with Crippen LogP contribution in [-0.2, 0) is 11.3 Å². The van der Waals surface area contributed by atoms with Crippen LogP contribution in [0.3, 0.4) is 0 Å². The second-order valence-electron chi connectivity index (χ2n) is 7.85. The second kappa shape index (κ2) is 10.2. The molecule has 3 rings (SSSR count). The van der Waals surface area contributed by atoms with Crippen molar-refractivity contribution in [2.24, 2.45) is 0 Å². The average Bonchev–Trinajstić information content (AvgIpc) is 2.66. The summed E-state index contributed by atoms with van der Waals surface area (Å²) in [7, 11) is 0. The zero-order chi connectivity index (χ0) is 19.1. The first-order chi connectivity index (χ1) is 13.1. The summed E-state index contributed by atoms with van der Waals surface area (Å²) in [6.45, 7) is 13.2. The van der Waals surface area contributed by atoms with Gasteiger partial charge < -0.3 is 20.3 Å². The maximum atomic E-state index is 12.3. The van der Waals surface area contributed by atoms with Crippen LogP contribution in [0.1, 0.15) is 36.2 Å². The number of carbonyl (C=O) groups is 1. The Balaban J connectivity index is 1.39. The minimum absolute atomic E-state index is 0.0236. The molecule has 0 saturated carbocycles. The Morgan fingerprint density at radius 1 is 1.11 bits per heavy atom. The number of morpholine rings is 1. The first-order valence-electron chi connectivity index (χ1n) is 10.3. The zero-order valence-corrected chi connectivity index (χ0v) is 16.7. The highest BCUT2D eigenvalue weighted by atomic mass is 16.5. The predicted octanol–water partition coefficient (Wildman–Crippen LogP) is 1.32. The van der Waals surface area contributed by atoms with Crippen LogP contribution in [0.15, 0.2) is 24.3 Å². The SMILES string of the molecule is CC1CN(Cc2ccc(C(=O)NCCCN3CCNCC3)cc2)CC(C)O1. The van der Waals surface area contributed by atoms with Crippen molar-refractivity contribution in [2.45, 2.75) is 39.0 Å². The van der Waals surface area contributed by atoms with E-state index in [0.717, 1.165) is 70.9 Å². The van der Waals surface area contributed by atoms with Crippen molar-refractivity contribution >= 4 is 5.91 Å². The molecule has 1 aromatic carbocycles. The molecule has 2 aliphatic heterocycles. The molecule has 0 aromatic heterocycles. The predicted molar refractivity (Wildman–Crippen MR) is 108 cm³/mol. The largest absolute Gasteiger partial charge is 0.373 e. The van der Waals surface area contributed by atoms with Crippen LogP contribution in [0.5, 0.6) is 0 Å². The highest BCUT2D eigenvalue weighted by molar-refractivity contribution is 5.94. The molecule has 0 bridgehead atoms. The molecule has 0 aliphatic carbocycles. The maximum absolute atomic E-state index is 12.3. The van der Waals surface area contributed by atoms with Crippen molar-refractivity contribution in [3.63, 3.8) is 0 Å². The van der Waals surface area contributed by atoms with Gasteiger partial charge >= 0.3 is 0 Å². The Hall–Kier alpha value is -1.47. The molecule has 2 aliphatic rings. The summed E-state index contributed by atoms with van der Waals surface area (Å²) in [5.41, 5.74) is 1.98. The molecule has 1 amide bonds. The molecule has 2 fully saturated rings. The summed E-state index contributed by atoms with van der Waals surface area (Å²) in [6.07, 6.45) is 1.55. The lowest BCUT2D eigenvalue weighted by molar-refractivity contribution is -0.0704. The topological polar surface area (TPSA) is 56.8 Å². The van der Waals surface area contributed by atoms with Gasteiger partial charge in [-0.05, 0) is 44.5 Å². The monoisotopic (exact) mass is 374 g/mol. The van der Waals surface area contributed by atoms with Crippen LogP contribution < -0.4 is 10.6 Å². The first-order valence-corrected chi connectivity index (χ1v) is 10.3. The van der Waals surface area contributed by atoms with Gasteiger partial charge in [0.15, 0.2) is 0 Å². The van der Waals surface area contributed by atoms with E-state index in [1.807, 2.05) is 12.1 Å². The van der Waals surface area contributed by atoms with E-state index >= 15 is 0 Å². The molecule has 2 saturated heterocycles. The minimum atomic E-state index is 0.0236. The average molecular weight is 375 g/mol. The summed E-state index contributed by atoms with van der Waals surface area (Å²) < 4.78 is 5.79. The van der Waals surface area contributed by atoms with Crippen molar-refractivity contribution in [2.75, 3.05) is 52.4 Å². The summed E-state index contributed by atoms with van der Waals surface area (Å²) in [6, 6.07) is 8.02.